The smallest absolute Gasteiger partial charge is 0.243 e. The second-order valence-corrected chi connectivity index (χ2v) is 10.8. The maximum absolute atomic E-state index is 13.8. The van der Waals surface area contributed by atoms with E-state index in [1.165, 1.54) is 5.56 Å². The van der Waals surface area contributed by atoms with E-state index in [2.05, 4.69) is 57.3 Å². The summed E-state index contributed by atoms with van der Waals surface area (Å²) in [5.41, 5.74) is 4.31. The van der Waals surface area contributed by atoms with E-state index in [-0.39, 0.29) is 11.8 Å². The summed E-state index contributed by atoms with van der Waals surface area (Å²) in [6.45, 7) is 9.34. The monoisotopic (exact) mass is 518 g/mol. The van der Waals surface area contributed by atoms with E-state index >= 15 is 0 Å². The summed E-state index contributed by atoms with van der Waals surface area (Å²) >= 11 is 6.26. The van der Waals surface area contributed by atoms with Crippen LogP contribution in [0.1, 0.15) is 62.3 Å². The van der Waals surface area contributed by atoms with E-state index in [0.29, 0.717) is 49.2 Å². The SMILES string of the molecule is CC(C)CNC(=O)[C@@H](Cc1ccccc1)N(Cc1cccc(Cl)c1)C(=O)CCc1ccc(C(C)C)cc1. The molecule has 3 aromatic rings. The fraction of sp³-hybridized carbons (Fsp3) is 0.375. The summed E-state index contributed by atoms with van der Waals surface area (Å²) in [6.07, 6.45) is 1.39. The highest BCUT2D eigenvalue weighted by Gasteiger charge is 2.30. The first-order valence-corrected chi connectivity index (χ1v) is 13.5. The van der Waals surface area contributed by atoms with Crippen molar-refractivity contribution >= 4 is 23.4 Å². The van der Waals surface area contributed by atoms with Gasteiger partial charge in [-0.05, 0) is 52.6 Å². The van der Waals surface area contributed by atoms with Gasteiger partial charge in [0, 0.05) is 31.0 Å². The molecule has 3 rings (SSSR count). The van der Waals surface area contributed by atoms with Crippen LogP contribution in [0.4, 0.5) is 0 Å². The molecular formula is C32H39ClN2O2. The van der Waals surface area contributed by atoms with Crippen LogP contribution in [-0.2, 0) is 29.0 Å². The third kappa shape index (κ3) is 9.05. The first kappa shape index (κ1) is 28.5. The fourth-order valence-electron chi connectivity index (χ4n) is 4.27. The number of amides is 2. The Kier molecular flexibility index (Phi) is 10.8. The molecule has 0 spiro atoms. The number of hydrogen-bond donors (Lipinski definition) is 1. The molecule has 37 heavy (non-hydrogen) atoms. The van der Waals surface area contributed by atoms with Crippen LogP contribution in [0.5, 0.6) is 0 Å². The van der Waals surface area contributed by atoms with E-state index in [0.717, 1.165) is 16.7 Å². The Morgan fingerprint density at radius 1 is 0.838 bits per heavy atom. The molecule has 0 aliphatic rings. The quantitative estimate of drug-likeness (QED) is 0.286. The molecular weight excluding hydrogens is 480 g/mol. The zero-order valence-electron chi connectivity index (χ0n) is 22.4. The molecule has 196 valence electrons. The zero-order chi connectivity index (χ0) is 26.8. The number of halogens is 1. The van der Waals surface area contributed by atoms with Crippen LogP contribution in [0.25, 0.3) is 0 Å². The van der Waals surface area contributed by atoms with Gasteiger partial charge in [0.25, 0.3) is 0 Å². The second kappa shape index (κ2) is 14.0. The van der Waals surface area contributed by atoms with Gasteiger partial charge in [-0.1, -0.05) is 106 Å². The van der Waals surface area contributed by atoms with Crippen molar-refractivity contribution in [3.63, 3.8) is 0 Å². The fourth-order valence-corrected chi connectivity index (χ4v) is 4.49. The van der Waals surface area contributed by atoms with E-state index in [4.69, 9.17) is 11.6 Å². The lowest BCUT2D eigenvalue weighted by Gasteiger charge is -2.32. The third-order valence-electron chi connectivity index (χ3n) is 6.47. The highest BCUT2D eigenvalue weighted by molar-refractivity contribution is 6.30. The molecule has 0 bridgehead atoms. The summed E-state index contributed by atoms with van der Waals surface area (Å²) in [7, 11) is 0. The lowest BCUT2D eigenvalue weighted by Crippen LogP contribution is -2.51. The number of carbonyl (C=O) groups is 2. The minimum absolute atomic E-state index is 0.0476. The lowest BCUT2D eigenvalue weighted by molar-refractivity contribution is -0.141. The van der Waals surface area contributed by atoms with Crippen molar-refractivity contribution in [1.29, 1.82) is 0 Å². The van der Waals surface area contributed by atoms with E-state index < -0.39 is 6.04 Å². The normalized spacial score (nSPS) is 12.0. The predicted molar refractivity (Wildman–Crippen MR) is 153 cm³/mol. The van der Waals surface area contributed by atoms with E-state index in [9.17, 15) is 9.59 Å². The van der Waals surface area contributed by atoms with Crippen LogP contribution in [0.2, 0.25) is 5.02 Å². The molecule has 0 heterocycles. The van der Waals surface area contributed by atoms with Crippen LogP contribution in [0.3, 0.4) is 0 Å². The number of nitrogens with one attached hydrogen (secondary N) is 1. The van der Waals surface area contributed by atoms with Crippen LogP contribution in [-0.4, -0.2) is 29.3 Å². The Morgan fingerprint density at radius 2 is 1.51 bits per heavy atom. The first-order valence-electron chi connectivity index (χ1n) is 13.2. The van der Waals surface area contributed by atoms with E-state index in [1.807, 2.05) is 54.6 Å². The minimum Gasteiger partial charge on any atom is -0.354 e. The summed E-state index contributed by atoms with van der Waals surface area (Å²) in [6, 6.07) is 25.2. The molecule has 0 saturated carbocycles. The highest BCUT2D eigenvalue weighted by atomic mass is 35.5. The number of carbonyl (C=O) groups excluding carboxylic acids is 2. The Hall–Kier alpha value is -3.11. The maximum Gasteiger partial charge on any atom is 0.243 e. The molecule has 4 nitrogen and oxygen atoms in total. The Balaban J connectivity index is 1.87. The van der Waals surface area contributed by atoms with Crippen molar-refractivity contribution in [1.82, 2.24) is 10.2 Å². The molecule has 0 saturated heterocycles. The summed E-state index contributed by atoms with van der Waals surface area (Å²) in [4.78, 5) is 29.0. The second-order valence-electron chi connectivity index (χ2n) is 10.4. The molecule has 1 atom stereocenters. The topological polar surface area (TPSA) is 49.4 Å². The number of nitrogens with zero attached hydrogens (tertiary/aromatic N) is 1. The van der Waals surface area contributed by atoms with Gasteiger partial charge in [0.2, 0.25) is 11.8 Å². The summed E-state index contributed by atoms with van der Waals surface area (Å²) < 4.78 is 0. The van der Waals surface area contributed by atoms with Gasteiger partial charge in [0.15, 0.2) is 0 Å². The average molecular weight is 519 g/mol. The predicted octanol–water partition coefficient (Wildman–Crippen LogP) is 6.81. The third-order valence-corrected chi connectivity index (χ3v) is 6.71. The summed E-state index contributed by atoms with van der Waals surface area (Å²) in [5.74, 6) is 0.599. The summed E-state index contributed by atoms with van der Waals surface area (Å²) in [5, 5.41) is 3.68. The maximum atomic E-state index is 13.8. The first-order chi connectivity index (χ1) is 17.7. The van der Waals surface area contributed by atoms with Crippen molar-refractivity contribution in [3.8, 4) is 0 Å². The van der Waals surface area contributed by atoms with Crippen molar-refractivity contribution in [2.24, 2.45) is 5.92 Å². The molecule has 2 amide bonds. The van der Waals surface area contributed by atoms with Gasteiger partial charge >= 0.3 is 0 Å². The van der Waals surface area contributed by atoms with Crippen molar-refractivity contribution < 1.29 is 9.59 Å². The number of benzene rings is 3. The van der Waals surface area contributed by atoms with Crippen LogP contribution < -0.4 is 5.32 Å². The molecule has 0 aliphatic heterocycles. The molecule has 0 unspecified atom stereocenters. The van der Waals surface area contributed by atoms with Gasteiger partial charge in [-0.25, -0.2) is 0 Å². The molecule has 0 aromatic heterocycles. The van der Waals surface area contributed by atoms with Crippen LogP contribution >= 0.6 is 11.6 Å². The Morgan fingerprint density at radius 3 is 2.14 bits per heavy atom. The lowest BCUT2D eigenvalue weighted by atomic mass is 9.99. The number of rotatable bonds is 12. The van der Waals surface area contributed by atoms with Gasteiger partial charge in [-0.3, -0.25) is 9.59 Å². The number of aryl methyl sites for hydroxylation is 1. The molecule has 0 radical (unpaired) electrons. The average Bonchev–Trinajstić information content (AvgIpc) is 2.88. The van der Waals surface area contributed by atoms with Crippen LogP contribution in [0.15, 0.2) is 78.9 Å². The van der Waals surface area contributed by atoms with Crippen molar-refractivity contribution in [2.75, 3.05) is 6.54 Å². The minimum atomic E-state index is -0.629. The van der Waals surface area contributed by atoms with Gasteiger partial charge < -0.3 is 10.2 Å². The standard InChI is InChI=1S/C32H39ClN2O2/c1-23(2)21-34-32(37)30(20-26-9-6-5-7-10-26)35(22-27-11-8-12-29(33)19-27)31(36)18-15-25-13-16-28(17-14-25)24(3)4/h5-14,16-17,19,23-24,30H,15,18,20-22H2,1-4H3,(H,34,37)/t30-/m1/s1. The van der Waals surface area contributed by atoms with E-state index in [1.54, 1.807) is 4.90 Å². The molecule has 5 heteroatoms. The van der Waals surface area contributed by atoms with Crippen LogP contribution in [0, 0.1) is 5.92 Å². The highest BCUT2D eigenvalue weighted by Crippen LogP contribution is 2.20. The molecule has 0 fully saturated rings. The molecule has 1 N–H and O–H groups in total. The van der Waals surface area contributed by atoms with Gasteiger partial charge in [-0.2, -0.15) is 0 Å². The van der Waals surface area contributed by atoms with Gasteiger partial charge in [-0.15, -0.1) is 0 Å². The molecule has 0 aliphatic carbocycles. The van der Waals surface area contributed by atoms with Gasteiger partial charge in [0.05, 0.1) is 0 Å². The zero-order valence-corrected chi connectivity index (χ0v) is 23.2. The Labute approximate surface area is 227 Å². The van der Waals surface area contributed by atoms with Crippen molar-refractivity contribution in [3.05, 3.63) is 106 Å². The molecule has 3 aromatic carbocycles. The largest absolute Gasteiger partial charge is 0.354 e. The number of hydrogen-bond acceptors (Lipinski definition) is 2. The van der Waals surface area contributed by atoms with Crippen molar-refractivity contribution in [2.45, 2.75) is 65.5 Å². The van der Waals surface area contributed by atoms with Gasteiger partial charge in [0.1, 0.15) is 6.04 Å². The Bertz CT molecular complexity index is 1140.